The minimum Gasteiger partial charge on any atom is -0.381 e. The van der Waals surface area contributed by atoms with Gasteiger partial charge in [0.1, 0.15) is 0 Å². The van der Waals surface area contributed by atoms with Crippen molar-refractivity contribution in [2.24, 2.45) is 0 Å². The normalized spacial score (nSPS) is 22.1. The first-order chi connectivity index (χ1) is 8.29. The lowest BCUT2D eigenvalue weighted by atomic mass is 10.1. The minimum atomic E-state index is 0.641. The summed E-state index contributed by atoms with van der Waals surface area (Å²) in [5.74, 6) is 0. The molecule has 2 nitrogen and oxygen atoms in total. The van der Waals surface area contributed by atoms with Crippen LogP contribution in [0.1, 0.15) is 26.2 Å². The summed E-state index contributed by atoms with van der Waals surface area (Å²) < 4.78 is 1.32. The quantitative estimate of drug-likeness (QED) is 0.844. The highest BCUT2D eigenvalue weighted by atomic mass is 127. The number of hydrogen-bond acceptors (Lipinski definition) is 2. The Morgan fingerprint density at radius 3 is 2.88 bits per heavy atom. The molecular formula is C14H21IN2. The third-order valence-corrected chi connectivity index (χ3v) is 4.44. The van der Waals surface area contributed by atoms with Crippen LogP contribution in [0.25, 0.3) is 0 Å². The van der Waals surface area contributed by atoms with Crippen LogP contribution in [0.15, 0.2) is 24.3 Å². The summed E-state index contributed by atoms with van der Waals surface area (Å²) in [6, 6.07) is 9.20. The van der Waals surface area contributed by atoms with Crippen molar-refractivity contribution < 1.29 is 0 Å². The molecule has 1 heterocycles. The maximum Gasteiger partial charge on any atom is 0.0478 e. The van der Waals surface area contributed by atoms with Crippen LogP contribution in [0.3, 0.4) is 0 Å². The Bertz CT molecular complexity index is 354. The van der Waals surface area contributed by atoms with Gasteiger partial charge in [-0.2, -0.15) is 0 Å². The van der Waals surface area contributed by atoms with Crippen molar-refractivity contribution in [2.45, 2.75) is 32.2 Å². The Balaban J connectivity index is 1.93. The molecule has 1 aromatic carbocycles. The van der Waals surface area contributed by atoms with Crippen LogP contribution in [0, 0.1) is 3.57 Å². The molecule has 0 radical (unpaired) electrons. The molecule has 17 heavy (non-hydrogen) atoms. The molecule has 1 N–H and O–H groups in total. The van der Waals surface area contributed by atoms with Gasteiger partial charge in [-0.25, -0.2) is 0 Å². The molecule has 1 atom stereocenters. The van der Waals surface area contributed by atoms with Crippen molar-refractivity contribution in [3.63, 3.8) is 0 Å². The molecule has 0 spiro atoms. The van der Waals surface area contributed by atoms with Crippen molar-refractivity contribution in [3.05, 3.63) is 27.8 Å². The zero-order valence-electron chi connectivity index (χ0n) is 10.5. The number of rotatable bonds is 3. The van der Waals surface area contributed by atoms with Crippen LogP contribution in [0.4, 0.5) is 5.69 Å². The molecule has 0 amide bonds. The van der Waals surface area contributed by atoms with Gasteiger partial charge in [-0.3, -0.25) is 0 Å². The van der Waals surface area contributed by atoms with Gasteiger partial charge in [0.25, 0.3) is 0 Å². The summed E-state index contributed by atoms with van der Waals surface area (Å²) >= 11 is 2.40. The fraction of sp³-hybridized carbons (Fsp3) is 0.571. The summed E-state index contributed by atoms with van der Waals surface area (Å²) in [4.78, 5) is 2.55. The summed E-state index contributed by atoms with van der Waals surface area (Å²) in [7, 11) is 0. The van der Waals surface area contributed by atoms with E-state index in [1.165, 1.54) is 48.2 Å². The van der Waals surface area contributed by atoms with Crippen LogP contribution in [0.5, 0.6) is 0 Å². The number of para-hydroxylation sites is 1. The van der Waals surface area contributed by atoms with E-state index >= 15 is 0 Å². The van der Waals surface area contributed by atoms with Gasteiger partial charge in [0, 0.05) is 21.8 Å². The monoisotopic (exact) mass is 344 g/mol. The topological polar surface area (TPSA) is 15.3 Å². The third-order valence-electron chi connectivity index (χ3n) is 3.50. The average molecular weight is 344 g/mol. The van der Waals surface area contributed by atoms with Crippen LogP contribution in [-0.4, -0.2) is 30.6 Å². The highest BCUT2D eigenvalue weighted by Crippen LogP contribution is 2.21. The molecule has 1 aromatic rings. The maximum atomic E-state index is 3.70. The largest absolute Gasteiger partial charge is 0.381 e. The third kappa shape index (κ3) is 3.85. The van der Waals surface area contributed by atoms with Gasteiger partial charge in [-0.1, -0.05) is 19.1 Å². The molecule has 0 saturated carbocycles. The number of nitrogens with zero attached hydrogens (tertiary/aromatic N) is 1. The van der Waals surface area contributed by atoms with E-state index in [-0.39, 0.29) is 0 Å². The van der Waals surface area contributed by atoms with Crippen molar-refractivity contribution in [3.8, 4) is 0 Å². The second kappa shape index (κ2) is 6.59. The Labute approximate surface area is 118 Å². The van der Waals surface area contributed by atoms with Crippen LogP contribution in [0.2, 0.25) is 0 Å². The zero-order valence-corrected chi connectivity index (χ0v) is 12.6. The lowest BCUT2D eigenvalue weighted by Gasteiger charge is -2.19. The van der Waals surface area contributed by atoms with E-state index < -0.39 is 0 Å². The molecule has 1 aliphatic heterocycles. The van der Waals surface area contributed by atoms with Gasteiger partial charge in [-0.15, -0.1) is 0 Å². The van der Waals surface area contributed by atoms with Crippen molar-refractivity contribution in [1.82, 2.24) is 4.90 Å². The summed E-state index contributed by atoms with van der Waals surface area (Å²) in [6.45, 7) is 5.95. The van der Waals surface area contributed by atoms with Crippen LogP contribution in [-0.2, 0) is 0 Å². The molecule has 3 heteroatoms. The SMILES string of the molecule is CCN1CCCC(Nc2ccccc2I)CC1. The number of hydrogen-bond donors (Lipinski definition) is 1. The van der Waals surface area contributed by atoms with E-state index in [2.05, 4.69) is 64.0 Å². The summed E-state index contributed by atoms with van der Waals surface area (Å²) in [5, 5.41) is 3.70. The predicted octanol–water partition coefficient (Wildman–Crippen LogP) is 3.58. The lowest BCUT2D eigenvalue weighted by Crippen LogP contribution is -2.26. The van der Waals surface area contributed by atoms with Gasteiger partial charge >= 0.3 is 0 Å². The van der Waals surface area contributed by atoms with E-state index in [4.69, 9.17) is 0 Å². The smallest absolute Gasteiger partial charge is 0.0478 e. The average Bonchev–Trinajstić information content (AvgIpc) is 2.57. The number of nitrogens with one attached hydrogen (secondary N) is 1. The van der Waals surface area contributed by atoms with E-state index in [0.29, 0.717) is 6.04 Å². The molecular weight excluding hydrogens is 323 g/mol. The maximum absolute atomic E-state index is 3.70. The molecule has 1 aliphatic rings. The van der Waals surface area contributed by atoms with E-state index in [1.807, 2.05) is 0 Å². The zero-order chi connectivity index (χ0) is 12.1. The molecule has 0 bridgehead atoms. The van der Waals surface area contributed by atoms with Crippen LogP contribution < -0.4 is 5.32 Å². The summed E-state index contributed by atoms with van der Waals surface area (Å²) in [5.41, 5.74) is 1.29. The number of halogens is 1. The van der Waals surface area contributed by atoms with Gasteiger partial charge < -0.3 is 10.2 Å². The number of anilines is 1. The van der Waals surface area contributed by atoms with Crippen molar-refractivity contribution in [1.29, 1.82) is 0 Å². The molecule has 0 aliphatic carbocycles. The first-order valence-corrected chi connectivity index (χ1v) is 7.61. The molecule has 1 saturated heterocycles. The molecule has 94 valence electrons. The fourth-order valence-corrected chi connectivity index (χ4v) is 2.96. The standard InChI is InChI=1S/C14H21IN2/c1-2-17-10-5-6-12(9-11-17)16-14-8-4-3-7-13(14)15/h3-4,7-8,12,16H,2,5-6,9-11H2,1H3. The predicted molar refractivity (Wildman–Crippen MR) is 82.5 cm³/mol. The van der Waals surface area contributed by atoms with E-state index in [0.717, 1.165) is 0 Å². The van der Waals surface area contributed by atoms with Crippen molar-refractivity contribution in [2.75, 3.05) is 25.0 Å². The van der Waals surface area contributed by atoms with Gasteiger partial charge in [0.05, 0.1) is 0 Å². The minimum absolute atomic E-state index is 0.641. The van der Waals surface area contributed by atoms with Gasteiger partial charge in [0.15, 0.2) is 0 Å². The second-order valence-corrected chi connectivity index (χ2v) is 5.85. The van der Waals surface area contributed by atoms with Gasteiger partial charge in [0.2, 0.25) is 0 Å². The molecule has 2 rings (SSSR count). The number of benzene rings is 1. The molecule has 1 fully saturated rings. The van der Waals surface area contributed by atoms with Crippen LogP contribution >= 0.6 is 22.6 Å². The highest BCUT2D eigenvalue weighted by molar-refractivity contribution is 14.1. The highest BCUT2D eigenvalue weighted by Gasteiger charge is 2.16. The molecule has 0 aromatic heterocycles. The van der Waals surface area contributed by atoms with Gasteiger partial charge in [-0.05, 0) is 67.1 Å². The summed E-state index contributed by atoms with van der Waals surface area (Å²) in [6.07, 6.45) is 3.87. The Kier molecular flexibility index (Phi) is 5.10. The number of likely N-dealkylation sites (tertiary alicyclic amines) is 1. The lowest BCUT2D eigenvalue weighted by molar-refractivity contribution is 0.300. The van der Waals surface area contributed by atoms with E-state index in [1.54, 1.807) is 0 Å². The van der Waals surface area contributed by atoms with Crippen molar-refractivity contribution >= 4 is 28.3 Å². The second-order valence-electron chi connectivity index (χ2n) is 4.69. The first-order valence-electron chi connectivity index (χ1n) is 6.53. The van der Waals surface area contributed by atoms with E-state index in [9.17, 15) is 0 Å². The Morgan fingerprint density at radius 1 is 1.29 bits per heavy atom. The Hall–Kier alpha value is -0.290. The molecule has 1 unspecified atom stereocenters. The Morgan fingerprint density at radius 2 is 2.12 bits per heavy atom. The first kappa shape index (κ1) is 13.1. The fourth-order valence-electron chi connectivity index (χ4n) is 2.41.